The van der Waals surface area contributed by atoms with Gasteiger partial charge in [0, 0.05) is 57.9 Å². The normalized spacial score (nSPS) is 30.3. The molecule has 2 saturated heterocycles. The third-order valence-electron chi connectivity index (χ3n) is 4.98. The highest BCUT2D eigenvalue weighted by Crippen LogP contribution is 2.27. The minimum absolute atomic E-state index is 0.771. The SMILES string of the molecule is CN1CCN(CCN(CC2CCCN2)C2CC2)CC1. The number of piperazine rings is 1. The molecule has 1 unspecified atom stereocenters. The van der Waals surface area contributed by atoms with Crippen molar-refractivity contribution >= 4 is 0 Å². The van der Waals surface area contributed by atoms with Crippen molar-refractivity contribution in [3.8, 4) is 0 Å². The van der Waals surface area contributed by atoms with E-state index in [1.54, 1.807) is 0 Å². The maximum Gasteiger partial charge on any atom is 0.0195 e. The van der Waals surface area contributed by atoms with Crippen LogP contribution >= 0.6 is 0 Å². The van der Waals surface area contributed by atoms with Crippen molar-refractivity contribution in [2.45, 2.75) is 37.8 Å². The standard InChI is InChI=1S/C15H30N4/c1-17-7-9-18(10-8-17)11-12-19(15-4-5-15)13-14-3-2-6-16-14/h14-16H,2-13H2,1H3. The van der Waals surface area contributed by atoms with E-state index in [0.29, 0.717) is 0 Å². The van der Waals surface area contributed by atoms with Crippen LogP contribution in [0.4, 0.5) is 0 Å². The fourth-order valence-corrected chi connectivity index (χ4v) is 3.40. The summed E-state index contributed by atoms with van der Waals surface area (Å²) in [5, 5.41) is 3.65. The van der Waals surface area contributed by atoms with Gasteiger partial charge in [0.05, 0.1) is 0 Å². The van der Waals surface area contributed by atoms with Crippen molar-refractivity contribution in [3.05, 3.63) is 0 Å². The molecule has 3 aliphatic rings. The summed E-state index contributed by atoms with van der Waals surface area (Å²) in [6.45, 7) is 10.1. The third kappa shape index (κ3) is 4.15. The van der Waals surface area contributed by atoms with Crippen LogP contribution in [0, 0.1) is 0 Å². The predicted molar refractivity (Wildman–Crippen MR) is 79.6 cm³/mol. The van der Waals surface area contributed by atoms with Crippen molar-refractivity contribution in [3.63, 3.8) is 0 Å². The van der Waals surface area contributed by atoms with Gasteiger partial charge in [0.2, 0.25) is 0 Å². The lowest BCUT2D eigenvalue weighted by Crippen LogP contribution is -2.48. The summed E-state index contributed by atoms with van der Waals surface area (Å²) in [7, 11) is 2.24. The predicted octanol–water partition coefficient (Wildman–Crippen LogP) is 0.450. The summed E-state index contributed by atoms with van der Waals surface area (Å²) < 4.78 is 0. The molecule has 19 heavy (non-hydrogen) atoms. The van der Waals surface area contributed by atoms with Crippen LogP contribution in [0.1, 0.15) is 25.7 Å². The Kier molecular flexibility index (Phi) is 4.74. The first-order valence-corrected chi connectivity index (χ1v) is 8.19. The van der Waals surface area contributed by atoms with Crippen molar-refractivity contribution in [2.24, 2.45) is 0 Å². The molecule has 4 heteroatoms. The largest absolute Gasteiger partial charge is 0.313 e. The highest BCUT2D eigenvalue weighted by molar-refractivity contribution is 4.89. The van der Waals surface area contributed by atoms with Crippen LogP contribution in [0.2, 0.25) is 0 Å². The maximum absolute atomic E-state index is 3.65. The Bertz CT molecular complexity index is 265. The van der Waals surface area contributed by atoms with E-state index >= 15 is 0 Å². The molecule has 3 fully saturated rings. The van der Waals surface area contributed by atoms with Crippen molar-refractivity contribution in [1.29, 1.82) is 0 Å². The third-order valence-corrected chi connectivity index (χ3v) is 4.98. The molecule has 0 spiro atoms. The first-order valence-electron chi connectivity index (χ1n) is 8.19. The van der Waals surface area contributed by atoms with Crippen LogP contribution in [0.5, 0.6) is 0 Å². The molecule has 2 aliphatic heterocycles. The summed E-state index contributed by atoms with van der Waals surface area (Å²) >= 11 is 0. The molecule has 0 radical (unpaired) electrons. The van der Waals surface area contributed by atoms with Crippen molar-refractivity contribution in [2.75, 3.05) is 59.4 Å². The van der Waals surface area contributed by atoms with Crippen LogP contribution in [0.15, 0.2) is 0 Å². The summed E-state index contributed by atoms with van der Waals surface area (Å²) in [4.78, 5) is 7.86. The molecular weight excluding hydrogens is 236 g/mol. The van der Waals surface area contributed by atoms with Gasteiger partial charge in [-0.1, -0.05) is 0 Å². The Balaban J connectivity index is 1.40. The van der Waals surface area contributed by atoms with E-state index in [1.165, 1.54) is 78.0 Å². The number of nitrogens with zero attached hydrogens (tertiary/aromatic N) is 3. The lowest BCUT2D eigenvalue weighted by Gasteiger charge is -2.34. The quantitative estimate of drug-likeness (QED) is 0.753. The van der Waals surface area contributed by atoms with E-state index in [1.807, 2.05) is 0 Å². The Morgan fingerprint density at radius 2 is 1.89 bits per heavy atom. The van der Waals surface area contributed by atoms with Gasteiger partial charge in [-0.25, -0.2) is 0 Å². The number of hydrogen-bond acceptors (Lipinski definition) is 4. The molecule has 1 atom stereocenters. The fourth-order valence-electron chi connectivity index (χ4n) is 3.40. The molecule has 110 valence electrons. The van der Waals surface area contributed by atoms with Crippen LogP contribution in [-0.4, -0.2) is 86.2 Å². The van der Waals surface area contributed by atoms with Crippen LogP contribution < -0.4 is 5.32 Å². The number of likely N-dealkylation sites (N-methyl/N-ethyl adjacent to an activating group) is 1. The molecule has 0 aromatic carbocycles. The molecule has 0 amide bonds. The van der Waals surface area contributed by atoms with Gasteiger partial charge in [0.1, 0.15) is 0 Å². The minimum atomic E-state index is 0.771. The highest BCUT2D eigenvalue weighted by Gasteiger charge is 2.31. The molecular formula is C15H30N4. The second kappa shape index (κ2) is 6.53. The summed E-state index contributed by atoms with van der Waals surface area (Å²) in [5.74, 6) is 0. The van der Waals surface area contributed by atoms with Gasteiger partial charge in [-0.05, 0) is 39.3 Å². The van der Waals surface area contributed by atoms with Gasteiger partial charge in [0.15, 0.2) is 0 Å². The molecule has 1 saturated carbocycles. The van der Waals surface area contributed by atoms with E-state index in [9.17, 15) is 0 Å². The Hall–Kier alpha value is -0.160. The lowest BCUT2D eigenvalue weighted by atomic mass is 10.2. The fraction of sp³-hybridized carbons (Fsp3) is 1.00. The van der Waals surface area contributed by atoms with Gasteiger partial charge < -0.3 is 10.2 Å². The monoisotopic (exact) mass is 266 g/mol. The van der Waals surface area contributed by atoms with E-state index < -0.39 is 0 Å². The second-order valence-electron chi connectivity index (χ2n) is 6.66. The molecule has 4 nitrogen and oxygen atoms in total. The Labute approximate surface area is 118 Å². The summed E-state index contributed by atoms with van der Waals surface area (Å²) in [6, 6.07) is 1.68. The zero-order valence-corrected chi connectivity index (χ0v) is 12.5. The number of nitrogens with one attached hydrogen (secondary N) is 1. The Morgan fingerprint density at radius 1 is 1.11 bits per heavy atom. The zero-order valence-electron chi connectivity index (χ0n) is 12.5. The summed E-state index contributed by atoms with van der Waals surface area (Å²) in [6.07, 6.45) is 5.64. The molecule has 3 rings (SSSR count). The topological polar surface area (TPSA) is 21.8 Å². The average Bonchev–Trinajstić information content (AvgIpc) is 3.14. The van der Waals surface area contributed by atoms with E-state index in [2.05, 4.69) is 27.1 Å². The number of hydrogen-bond donors (Lipinski definition) is 1. The van der Waals surface area contributed by atoms with E-state index in [-0.39, 0.29) is 0 Å². The molecule has 0 bridgehead atoms. The molecule has 0 aromatic heterocycles. The van der Waals surface area contributed by atoms with Gasteiger partial charge in [-0.15, -0.1) is 0 Å². The molecule has 0 aromatic rings. The smallest absolute Gasteiger partial charge is 0.0195 e. The Morgan fingerprint density at radius 3 is 2.53 bits per heavy atom. The van der Waals surface area contributed by atoms with Crippen molar-refractivity contribution in [1.82, 2.24) is 20.0 Å². The molecule has 2 heterocycles. The van der Waals surface area contributed by atoms with Crippen LogP contribution in [-0.2, 0) is 0 Å². The average molecular weight is 266 g/mol. The number of rotatable bonds is 6. The van der Waals surface area contributed by atoms with Gasteiger partial charge >= 0.3 is 0 Å². The zero-order chi connectivity index (χ0) is 13.1. The van der Waals surface area contributed by atoms with Crippen molar-refractivity contribution < 1.29 is 0 Å². The highest BCUT2D eigenvalue weighted by atomic mass is 15.3. The van der Waals surface area contributed by atoms with Gasteiger partial charge in [-0.2, -0.15) is 0 Å². The summed E-state index contributed by atoms with van der Waals surface area (Å²) in [5.41, 5.74) is 0. The van der Waals surface area contributed by atoms with Gasteiger partial charge in [-0.3, -0.25) is 9.80 Å². The second-order valence-corrected chi connectivity index (χ2v) is 6.66. The minimum Gasteiger partial charge on any atom is -0.313 e. The van der Waals surface area contributed by atoms with Gasteiger partial charge in [0.25, 0.3) is 0 Å². The molecule has 1 aliphatic carbocycles. The lowest BCUT2D eigenvalue weighted by molar-refractivity contribution is 0.130. The first-order chi connectivity index (χ1) is 9.31. The van der Waals surface area contributed by atoms with E-state index in [4.69, 9.17) is 0 Å². The van der Waals surface area contributed by atoms with E-state index in [0.717, 1.165) is 12.1 Å². The van der Waals surface area contributed by atoms with Crippen LogP contribution in [0.3, 0.4) is 0 Å². The maximum atomic E-state index is 3.65. The molecule has 1 N–H and O–H groups in total. The first kappa shape index (κ1) is 13.8. The van der Waals surface area contributed by atoms with Crippen LogP contribution in [0.25, 0.3) is 0 Å².